The lowest BCUT2D eigenvalue weighted by molar-refractivity contribution is 0.0637. The van der Waals surface area contributed by atoms with Gasteiger partial charge in [-0.15, -0.1) is 0 Å². The predicted octanol–water partition coefficient (Wildman–Crippen LogP) is 3.53. The van der Waals surface area contributed by atoms with Crippen LogP contribution in [0.1, 0.15) is 28.2 Å². The maximum absolute atomic E-state index is 12.9. The van der Waals surface area contributed by atoms with E-state index in [0.29, 0.717) is 34.7 Å². The highest BCUT2D eigenvalue weighted by Crippen LogP contribution is 2.27. The standard InChI is InChI=1S/C18H21FN2O3S/c1-12-16(25-18(20-12)23-2)17(22)21-9-3-4-13(10-21)11-24-15-7-5-14(19)6-8-15/h5-8,13H,3-4,9-11H2,1-2H3/t13-/m0/s1. The second-order valence-corrected chi connectivity index (χ2v) is 7.08. The summed E-state index contributed by atoms with van der Waals surface area (Å²) >= 11 is 1.28. The largest absolute Gasteiger partial charge is 0.493 e. The Hall–Kier alpha value is -2.15. The number of methoxy groups -OCH3 is 1. The molecule has 0 spiro atoms. The second-order valence-electron chi connectivity index (χ2n) is 6.12. The molecule has 2 aromatic rings. The van der Waals surface area contributed by atoms with Gasteiger partial charge in [0, 0.05) is 19.0 Å². The third kappa shape index (κ3) is 4.28. The van der Waals surface area contributed by atoms with Crippen LogP contribution in [-0.2, 0) is 0 Å². The Balaban J connectivity index is 1.59. The molecule has 0 unspecified atom stereocenters. The molecule has 1 aliphatic rings. The molecule has 1 atom stereocenters. The van der Waals surface area contributed by atoms with Crippen molar-refractivity contribution in [3.63, 3.8) is 0 Å². The first-order valence-corrected chi connectivity index (χ1v) is 9.07. The van der Waals surface area contributed by atoms with Gasteiger partial charge in [0.1, 0.15) is 16.4 Å². The van der Waals surface area contributed by atoms with Crippen molar-refractivity contribution in [2.24, 2.45) is 5.92 Å². The van der Waals surface area contributed by atoms with Crippen LogP contribution < -0.4 is 9.47 Å². The molecule has 5 nitrogen and oxygen atoms in total. The summed E-state index contributed by atoms with van der Waals surface area (Å²) in [6, 6.07) is 6.00. The van der Waals surface area contributed by atoms with Crippen LogP contribution in [-0.4, -0.2) is 42.6 Å². The van der Waals surface area contributed by atoms with Crippen LogP contribution in [0.3, 0.4) is 0 Å². The fraction of sp³-hybridized carbons (Fsp3) is 0.444. The monoisotopic (exact) mass is 364 g/mol. The van der Waals surface area contributed by atoms with E-state index in [-0.39, 0.29) is 17.6 Å². The van der Waals surface area contributed by atoms with Gasteiger partial charge in [-0.25, -0.2) is 9.37 Å². The molecule has 0 bridgehead atoms. The number of thiazole rings is 1. The van der Waals surface area contributed by atoms with Crippen molar-refractivity contribution in [3.8, 4) is 10.9 Å². The highest BCUT2D eigenvalue weighted by atomic mass is 32.1. The van der Waals surface area contributed by atoms with Crippen molar-refractivity contribution in [3.05, 3.63) is 40.7 Å². The van der Waals surface area contributed by atoms with Gasteiger partial charge in [-0.1, -0.05) is 11.3 Å². The highest BCUT2D eigenvalue weighted by Gasteiger charge is 2.27. The number of benzene rings is 1. The van der Waals surface area contributed by atoms with Gasteiger partial charge in [0.05, 0.1) is 19.4 Å². The summed E-state index contributed by atoms with van der Waals surface area (Å²) < 4.78 is 23.8. The molecule has 134 valence electrons. The summed E-state index contributed by atoms with van der Waals surface area (Å²) in [5.74, 6) is 0.632. The predicted molar refractivity (Wildman–Crippen MR) is 93.9 cm³/mol. The number of amides is 1. The normalized spacial score (nSPS) is 17.4. The molecule has 3 rings (SSSR count). The van der Waals surface area contributed by atoms with Crippen LogP contribution in [0, 0.1) is 18.7 Å². The molecule has 0 saturated carbocycles. The minimum atomic E-state index is -0.280. The third-order valence-corrected chi connectivity index (χ3v) is 5.36. The zero-order valence-corrected chi connectivity index (χ0v) is 15.1. The lowest BCUT2D eigenvalue weighted by Gasteiger charge is -2.32. The number of ether oxygens (including phenoxy) is 2. The Morgan fingerprint density at radius 3 is 2.84 bits per heavy atom. The number of carbonyl (C=O) groups excluding carboxylic acids is 1. The van der Waals surface area contributed by atoms with Gasteiger partial charge in [-0.05, 0) is 44.0 Å². The molecule has 7 heteroatoms. The smallest absolute Gasteiger partial charge is 0.273 e. The lowest BCUT2D eigenvalue weighted by atomic mass is 9.98. The van der Waals surface area contributed by atoms with Gasteiger partial charge < -0.3 is 14.4 Å². The summed E-state index contributed by atoms with van der Waals surface area (Å²) in [5.41, 5.74) is 0.705. The Kier molecular flexibility index (Phi) is 5.53. The van der Waals surface area contributed by atoms with E-state index in [4.69, 9.17) is 9.47 Å². The first kappa shape index (κ1) is 17.7. The number of aryl methyl sites for hydroxylation is 1. The van der Waals surface area contributed by atoms with E-state index in [0.717, 1.165) is 19.4 Å². The van der Waals surface area contributed by atoms with Crippen LogP contribution in [0.15, 0.2) is 24.3 Å². The van der Waals surface area contributed by atoms with Gasteiger partial charge in [0.2, 0.25) is 0 Å². The van der Waals surface area contributed by atoms with E-state index in [1.54, 1.807) is 19.2 Å². The van der Waals surface area contributed by atoms with E-state index in [9.17, 15) is 9.18 Å². The van der Waals surface area contributed by atoms with Gasteiger partial charge in [-0.2, -0.15) is 0 Å². The molecule has 1 aromatic heterocycles. The van der Waals surface area contributed by atoms with Gasteiger partial charge in [-0.3, -0.25) is 4.79 Å². The highest BCUT2D eigenvalue weighted by molar-refractivity contribution is 7.15. The van der Waals surface area contributed by atoms with Crippen molar-refractivity contribution >= 4 is 17.2 Å². The van der Waals surface area contributed by atoms with Gasteiger partial charge >= 0.3 is 0 Å². The second kappa shape index (κ2) is 7.82. The van der Waals surface area contributed by atoms with Crippen LogP contribution in [0.25, 0.3) is 0 Å². The number of carbonyl (C=O) groups is 1. The van der Waals surface area contributed by atoms with Crippen LogP contribution in [0.2, 0.25) is 0 Å². The maximum atomic E-state index is 12.9. The molecule has 1 amide bonds. The molecular formula is C18H21FN2O3S. The number of piperidine rings is 1. The number of rotatable bonds is 5. The van der Waals surface area contributed by atoms with E-state index in [1.807, 2.05) is 11.8 Å². The van der Waals surface area contributed by atoms with Crippen LogP contribution >= 0.6 is 11.3 Å². The Morgan fingerprint density at radius 2 is 2.16 bits per heavy atom. The Bertz CT molecular complexity index is 732. The Morgan fingerprint density at radius 1 is 1.40 bits per heavy atom. The molecule has 1 fully saturated rings. The van der Waals surface area contributed by atoms with Gasteiger partial charge in [0.15, 0.2) is 0 Å². The lowest BCUT2D eigenvalue weighted by Crippen LogP contribution is -2.41. The average Bonchev–Trinajstić information content (AvgIpc) is 3.02. The number of halogens is 1. The zero-order valence-electron chi connectivity index (χ0n) is 14.3. The van der Waals surface area contributed by atoms with Gasteiger partial charge in [0.25, 0.3) is 11.1 Å². The van der Waals surface area contributed by atoms with Crippen molar-refractivity contribution in [2.45, 2.75) is 19.8 Å². The van der Waals surface area contributed by atoms with E-state index in [2.05, 4.69) is 4.98 Å². The van der Waals surface area contributed by atoms with Crippen LogP contribution in [0.4, 0.5) is 4.39 Å². The molecule has 25 heavy (non-hydrogen) atoms. The van der Waals surface area contributed by atoms with Crippen molar-refractivity contribution in [1.29, 1.82) is 0 Å². The van der Waals surface area contributed by atoms with E-state index < -0.39 is 0 Å². The number of nitrogens with zero attached hydrogens (tertiary/aromatic N) is 2. The summed E-state index contributed by atoms with van der Waals surface area (Å²) in [6.07, 6.45) is 1.95. The molecule has 1 saturated heterocycles. The third-order valence-electron chi connectivity index (χ3n) is 4.25. The first-order valence-electron chi connectivity index (χ1n) is 8.26. The molecule has 2 heterocycles. The average molecular weight is 364 g/mol. The molecule has 0 aliphatic carbocycles. The van der Waals surface area contributed by atoms with Crippen molar-refractivity contribution < 1.29 is 18.7 Å². The quantitative estimate of drug-likeness (QED) is 0.814. The minimum Gasteiger partial charge on any atom is -0.493 e. The zero-order chi connectivity index (χ0) is 17.8. The molecule has 1 aromatic carbocycles. The SMILES string of the molecule is COc1nc(C)c(C(=O)N2CCC[C@H](COc3ccc(F)cc3)C2)s1. The molecule has 0 N–H and O–H groups in total. The maximum Gasteiger partial charge on any atom is 0.273 e. The number of likely N-dealkylation sites (tertiary alicyclic amines) is 1. The van der Waals surface area contributed by atoms with E-state index >= 15 is 0 Å². The Labute approximate surface area is 150 Å². The topological polar surface area (TPSA) is 51.7 Å². The molecule has 0 radical (unpaired) electrons. The van der Waals surface area contributed by atoms with Crippen molar-refractivity contribution in [2.75, 3.05) is 26.8 Å². The number of hydrogen-bond donors (Lipinski definition) is 0. The number of hydrogen-bond acceptors (Lipinski definition) is 5. The number of aromatic nitrogens is 1. The summed E-state index contributed by atoms with van der Waals surface area (Å²) in [5, 5.41) is 0.508. The van der Waals surface area contributed by atoms with E-state index in [1.165, 1.54) is 23.5 Å². The minimum absolute atomic E-state index is 0.00443. The van der Waals surface area contributed by atoms with Crippen LogP contribution in [0.5, 0.6) is 10.9 Å². The summed E-state index contributed by atoms with van der Waals surface area (Å²) in [6.45, 7) is 3.73. The fourth-order valence-corrected chi connectivity index (χ4v) is 3.78. The molecular weight excluding hydrogens is 343 g/mol. The summed E-state index contributed by atoms with van der Waals surface area (Å²) in [4.78, 5) is 19.5. The summed E-state index contributed by atoms with van der Waals surface area (Å²) in [7, 11) is 1.55. The fourth-order valence-electron chi connectivity index (χ4n) is 2.93. The molecule has 1 aliphatic heterocycles. The first-order chi connectivity index (χ1) is 12.1. The van der Waals surface area contributed by atoms with Crippen molar-refractivity contribution in [1.82, 2.24) is 9.88 Å².